The predicted molar refractivity (Wildman–Crippen MR) is 78.8 cm³/mol. The molecular weight excluding hydrogens is 345 g/mol. The fraction of sp³-hybridized carbons (Fsp3) is 0.400. The van der Waals surface area contributed by atoms with Crippen molar-refractivity contribution >= 4 is 17.8 Å². The normalized spacial score (nSPS) is 13.6. The number of ether oxygens (including phenoxy) is 1. The maximum absolute atomic E-state index is 12.5. The highest BCUT2D eigenvalue weighted by Gasteiger charge is 2.31. The Morgan fingerprint density at radius 3 is 2.24 bits per heavy atom. The molecule has 10 heteroatoms. The predicted octanol–water partition coefficient (Wildman–Crippen LogP) is 0.662. The third kappa shape index (κ3) is 6.07. The summed E-state index contributed by atoms with van der Waals surface area (Å²) in [5.41, 5.74) is 4.00. The van der Waals surface area contributed by atoms with E-state index in [1.165, 1.54) is 0 Å². The molecule has 1 aromatic carbocycles. The molecule has 0 aliphatic rings. The first-order valence-electron chi connectivity index (χ1n) is 7.16. The fourth-order valence-electron chi connectivity index (χ4n) is 1.87. The van der Waals surface area contributed by atoms with E-state index >= 15 is 0 Å². The van der Waals surface area contributed by atoms with E-state index in [4.69, 9.17) is 5.73 Å². The molecule has 0 saturated carbocycles. The highest BCUT2D eigenvalue weighted by molar-refractivity contribution is 5.91. The first-order valence-corrected chi connectivity index (χ1v) is 7.16. The van der Waals surface area contributed by atoms with Crippen LogP contribution in [0.3, 0.4) is 0 Å². The first kappa shape index (κ1) is 20.4. The lowest BCUT2D eigenvalue weighted by Crippen LogP contribution is -2.47. The molecule has 0 saturated heterocycles. The van der Waals surface area contributed by atoms with E-state index in [0.29, 0.717) is 12.1 Å². The Balaban J connectivity index is 2.80. The summed E-state index contributed by atoms with van der Waals surface area (Å²) < 4.78 is 42.1. The second-order valence-electron chi connectivity index (χ2n) is 4.99. The summed E-state index contributed by atoms with van der Waals surface area (Å²) in [6.45, 7) is 1.61. The van der Waals surface area contributed by atoms with Crippen molar-refractivity contribution in [2.75, 3.05) is 6.61 Å². The van der Waals surface area contributed by atoms with Crippen molar-refractivity contribution in [3.05, 3.63) is 35.4 Å². The lowest BCUT2D eigenvalue weighted by atomic mass is 10.1. The van der Waals surface area contributed by atoms with Gasteiger partial charge in [-0.1, -0.05) is 12.1 Å². The monoisotopic (exact) mass is 362 g/mol. The van der Waals surface area contributed by atoms with Crippen LogP contribution in [0.1, 0.15) is 30.6 Å². The van der Waals surface area contributed by atoms with Gasteiger partial charge in [-0.05, 0) is 24.6 Å². The van der Waals surface area contributed by atoms with Gasteiger partial charge in [0.1, 0.15) is 6.04 Å². The average molecular weight is 362 g/mol. The van der Waals surface area contributed by atoms with E-state index in [-0.39, 0.29) is 12.2 Å². The van der Waals surface area contributed by atoms with Crippen LogP contribution in [-0.2, 0) is 25.3 Å². The molecule has 7 nitrogen and oxygen atoms in total. The molecule has 0 heterocycles. The highest BCUT2D eigenvalue weighted by atomic mass is 19.4. The third-order valence-electron chi connectivity index (χ3n) is 3.14. The molecular formula is C15H17F3N2O5. The van der Waals surface area contributed by atoms with Gasteiger partial charge in [0.15, 0.2) is 6.10 Å². The molecule has 138 valence electrons. The molecule has 0 aliphatic carbocycles. The summed E-state index contributed by atoms with van der Waals surface area (Å²) in [5.74, 6) is -2.90. The standard InChI is InChI=1S/C15H17F3N2O5/c1-2-25-11(21)7-10(13(19)23)20-14(24)12(22)8-3-5-9(6-4-8)15(16,17)18/h3-6,10,12,22H,2,7H2,1H3,(H2,19,23)(H,20,24)/t10-,12-/m1/s1. The molecule has 0 unspecified atom stereocenters. The molecule has 1 aromatic rings. The largest absolute Gasteiger partial charge is 0.466 e. The van der Waals surface area contributed by atoms with E-state index in [1.807, 2.05) is 0 Å². The minimum absolute atomic E-state index is 0.0619. The number of rotatable bonds is 7. The molecule has 0 aromatic heterocycles. The van der Waals surface area contributed by atoms with Gasteiger partial charge in [0.2, 0.25) is 5.91 Å². The number of nitrogens with two attached hydrogens (primary N) is 1. The van der Waals surface area contributed by atoms with Crippen LogP contribution in [0.2, 0.25) is 0 Å². The van der Waals surface area contributed by atoms with Crippen LogP contribution in [0.4, 0.5) is 13.2 Å². The quantitative estimate of drug-likeness (QED) is 0.616. The molecule has 1 rings (SSSR count). The number of benzene rings is 1. The maximum atomic E-state index is 12.5. The van der Waals surface area contributed by atoms with E-state index in [1.54, 1.807) is 6.92 Å². The molecule has 0 fully saturated rings. The molecule has 0 radical (unpaired) electrons. The number of carbonyl (C=O) groups is 3. The average Bonchev–Trinajstić information content (AvgIpc) is 2.52. The van der Waals surface area contributed by atoms with E-state index in [9.17, 15) is 32.7 Å². The number of primary amides is 1. The summed E-state index contributed by atoms with van der Waals surface area (Å²) in [5, 5.41) is 12.0. The van der Waals surface area contributed by atoms with Crippen molar-refractivity contribution in [2.45, 2.75) is 31.7 Å². The molecule has 25 heavy (non-hydrogen) atoms. The topological polar surface area (TPSA) is 119 Å². The van der Waals surface area contributed by atoms with Gasteiger partial charge in [0.25, 0.3) is 5.91 Å². The number of hydrogen-bond donors (Lipinski definition) is 3. The van der Waals surface area contributed by atoms with Crippen LogP contribution >= 0.6 is 0 Å². The van der Waals surface area contributed by atoms with Gasteiger partial charge in [-0.3, -0.25) is 14.4 Å². The molecule has 0 aliphatic heterocycles. The zero-order chi connectivity index (χ0) is 19.2. The number of nitrogens with one attached hydrogen (secondary N) is 1. The highest BCUT2D eigenvalue weighted by Crippen LogP contribution is 2.29. The van der Waals surface area contributed by atoms with Crippen LogP contribution in [0.25, 0.3) is 0 Å². The van der Waals surface area contributed by atoms with Crippen LogP contribution in [0.5, 0.6) is 0 Å². The van der Waals surface area contributed by atoms with Crippen LogP contribution in [0, 0.1) is 0 Å². The number of aliphatic hydroxyl groups excluding tert-OH is 1. The summed E-state index contributed by atoms with van der Waals surface area (Å²) in [7, 11) is 0. The van der Waals surface area contributed by atoms with Crippen LogP contribution in [-0.4, -0.2) is 35.5 Å². The SMILES string of the molecule is CCOC(=O)C[C@@H](NC(=O)[C@H](O)c1ccc(C(F)(F)F)cc1)C(N)=O. The van der Waals surface area contributed by atoms with Gasteiger partial charge in [0, 0.05) is 0 Å². The lowest BCUT2D eigenvalue weighted by molar-refractivity contribution is -0.145. The Kier molecular flexibility index (Phi) is 6.92. The number of esters is 1. The zero-order valence-electron chi connectivity index (χ0n) is 13.2. The van der Waals surface area contributed by atoms with Crippen molar-refractivity contribution in [1.82, 2.24) is 5.32 Å². The van der Waals surface area contributed by atoms with E-state index < -0.39 is 48.1 Å². The minimum atomic E-state index is -4.55. The van der Waals surface area contributed by atoms with Crippen molar-refractivity contribution in [3.8, 4) is 0 Å². The number of amides is 2. The number of alkyl halides is 3. The Morgan fingerprint density at radius 1 is 1.24 bits per heavy atom. The van der Waals surface area contributed by atoms with Gasteiger partial charge >= 0.3 is 12.1 Å². The first-order chi connectivity index (χ1) is 11.6. The summed E-state index contributed by atoms with van der Waals surface area (Å²) in [6, 6.07) is 1.84. The second kappa shape index (κ2) is 8.47. The van der Waals surface area contributed by atoms with Crippen LogP contribution < -0.4 is 11.1 Å². The van der Waals surface area contributed by atoms with Gasteiger partial charge in [0.05, 0.1) is 18.6 Å². The Bertz CT molecular complexity index is 631. The molecule has 4 N–H and O–H groups in total. The van der Waals surface area contributed by atoms with Crippen molar-refractivity contribution < 1.29 is 37.4 Å². The molecule has 0 bridgehead atoms. The van der Waals surface area contributed by atoms with E-state index in [2.05, 4.69) is 10.1 Å². The number of halogens is 3. The lowest BCUT2D eigenvalue weighted by Gasteiger charge is -2.18. The smallest absolute Gasteiger partial charge is 0.416 e. The second-order valence-corrected chi connectivity index (χ2v) is 4.99. The molecule has 2 amide bonds. The summed E-state index contributed by atoms with van der Waals surface area (Å²) >= 11 is 0. The summed E-state index contributed by atoms with van der Waals surface area (Å²) in [4.78, 5) is 34.6. The summed E-state index contributed by atoms with van der Waals surface area (Å²) in [6.07, 6.45) is -6.93. The van der Waals surface area contributed by atoms with Gasteiger partial charge in [-0.15, -0.1) is 0 Å². The van der Waals surface area contributed by atoms with Gasteiger partial charge in [-0.25, -0.2) is 0 Å². The van der Waals surface area contributed by atoms with E-state index in [0.717, 1.165) is 12.1 Å². The van der Waals surface area contributed by atoms with Crippen molar-refractivity contribution in [1.29, 1.82) is 0 Å². The number of carbonyl (C=O) groups excluding carboxylic acids is 3. The number of hydrogen-bond acceptors (Lipinski definition) is 5. The molecule has 2 atom stereocenters. The fourth-order valence-corrected chi connectivity index (χ4v) is 1.87. The zero-order valence-corrected chi connectivity index (χ0v) is 13.2. The number of aliphatic hydroxyl groups is 1. The van der Waals surface area contributed by atoms with Crippen LogP contribution in [0.15, 0.2) is 24.3 Å². The molecule has 0 spiro atoms. The Hall–Kier alpha value is -2.62. The Morgan fingerprint density at radius 2 is 1.80 bits per heavy atom. The van der Waals surface area contributed by atoms with Gasteiger partial charge < -0.3 is 20.9 Å². The minimum Gasteiger partial charge on any atom is -0.466 e. The maximum Gasteiger partial charge on any atom is 0.416 e. The van der Waals surface area contributed by atoms with Crippen molar-refractivity contribution in [2.24, 2.45) is 5.73 Å². The Labute approximate surface area is 140 Å². The van der Waals surface area contributed by atoms with Gasteiger partial charge in [-0.2, -0.15) is 13.2 Å². The van der Waals surface area contributed by atoms with Crippen molar-refractivity contribution in [3.63, 3.8) is 0 Å². The third-order valence-corrected chi connectivity index (χ3v) is 3.14.